The normalized spacial score (nSPS) is 20.3. The van der Waals surface area contributed by atoms with E-state index in [1.807, 2.05) is 6.07 Å². The van der Waals surface area contributed by atoms with E-state index in [4.69, 9.17) is 5.73 Å². The second-order valence-corrected chi connectivity index (χ2v) is 5.34. The number of thiophene rings is 1. The number of nitrogens with zero attached hydrogens (tertiary/aromatic N) is 1. The molecule has 1 aromatic heterocycles. The smallest absolute Gasteiger partial charge is 0.0859 e. The number of nitrogens with two attached hydrogens (primary N) is 1. The van der Waals surface area contributed by atoms with Crippen molar-refractivity contribution in [3.8, 4) is 0 Å². The summed E-state index contributed by atoms with van der Waals surface area (Å²) in [4.78, 5) is 3.95. The predicted molar refractivity (Wildman–Crippen MR) is 66.3 cm³/mol. The molecule has 0 aromatic carbocycles. The molecule has 0 radical (unpaired) electrons. The molecule has 1 unspecified atom stereocenters. The van der Waals surface area contributed by atoms with Gasteiger partial charge < -0.3 is 11.1 Å². The Balaban J connectivity index is 1.88. The Labute approximate surface area is 95.3 Å². The van der Waals surface area contributed by atoms with Crippen LogP contribution in [-0.4, -0.2) is 37.1 Å². The number of rotatable bonds is 3. The minimum Gasteiger partial charge on any atom is -0.391 e. The summed E-state index contributed by atoms with van der Waals surface area (Å²) in [6.07, 6.45) is 1.13. The molecular formula is C11H19N3S. The maximum atomic E-state index is 5.73. The van der Waals surface area contributed by atoms with Crippen LogP contribution in [0, 0.1) is 0 Å². The lowest BCUT2D eigenvalue weighted by Crippen LogP contribution is -2.48. The second kappa shape index (κ2) is 4.96. The van der Waals surface area contributed by atoms with E-state index in [0.717, 1.165) is 24.5 Å². The zero-order chi connectivity index (χ0) is 10.7. The van der Waals surface area contributed by atoms with Crippen LogP contribution in [0.3, 0.4) is 0 Å². The van der Waals surface area contributed by atoms with E-state index >= 15 is 0 Å². The van der Waals surface area contributed by atoms with Gasteiger partial charge in [-0.1, -0.05) is 0 Å². The first kappa shape index (κ1) is 10.9. The quantitative estimate of drug-likeness (QED) is 0.811. The molecule has 1 aliphatic rings. The van der Waals surface area contributed by atoms with Gasteiger partial charge in [0, 0.05) is 37.1 Å². The van der Waals surface area contributed by atoms with Crippen molar-refractivity contribution in [2.45, 2.75) is 19.4 Å². The summed E-state index contributed by atoms with van der Waals surface area (Å²) in [5, 5.41) is 4.31. The molecule has 1 aliphatic heterocycles. The lowest BCUT2D eigenvalue weighted by Gasteiger charge is -2.32. The molecule has 1 fully saturated rings. The van der Waals surface area contributed by atoms with Crippen LogP contribution in [0.15, 0.2) is 12.1 Å². The third kappa shape index (κ3) is 2.93. The molecule has 0 saturated carbocycles. The van der Waals surface area contributed by atoms with Crippen molar-refractivity contribution < 1.29 is 0 Å². The van der Waals surface area contributed by atoms with Crippen molar-refractivity contribution in [2.75, 3.05) is 31.9 Å². The highest BCUT2D eigenvalue weighted by atomic mass is 32.1. The van der Waals surface area contributed by atoms with E-state index in [1.54, 1.807) is 11.3 Å². The van der Waals surface area contributed by atoms with Crippen molar-refractivity contribution in [1.82, 2.24) is 10.2 Å². The molecular weight excluding hydrogens is 206 g/mol. The number of piperazine rings is 1. The Bertz CT molecular complexity index is 305. The first-order valence-electron chi connectivity index (χ1n) is 5.54. The van der Waals surface area contributed by atoms with Crippen molar-refractivity contribution in [3.05, 3.63) is 17.0 Å². The van der Waals surface area contributed by atoms with E-state index < -0.39 is 0 Å². The number of anilines is 1. The fourth-order valence-corrected chi connectivity index (χ4v) is 2.95. The van der Waals surface area contributed by atoms with Crippen LogP contribution < -0.4 is 11.1 Å². The third-order valence-electron chi connectivity index (χ3n) is 2.95. The van der Waals surface area contributed by atoms with Crippen LogP contribution in [0.2, 0.25) is 0 Å². The van der Waals surface area contributed by atoms with Gasteiger partial charge in [-0.3, -0.25) is 4.90 Å². The largest absolute Gasteiger partial charge is 0.391 e. The summed E-state index contributed by atoms with van der Waals surface area (Å²) < 4.78 is 0. The van der Waals surface area contributed by atoms with Gasteiger partial charge in [0.1, 0.15) is 0 Å². The van der Waals surface area contributed by atoms with Crippen molar-refractivity contribution >= 4 is 16.3 Å². The molecule has 2 heterocycles. The van der Waals surface area contributed by atoms with Gasteiger partial charge in [-0.2, -0.15) is 0 Å². The molecule has 1 atom stereocenters. The Kier molecular flexibility index (Phi) is 3.61. The molecule has 0 bridgehead atoms. The molecule has 2 rings (SSSR count). The molecule has 1 saturated heterocycles. The van der Waals surface area contributed by atoms with E-state index in [0.29, 0.717) is 6.04 Å². The van der Waals surface area contributed by atoms with Crippen LogP contribution in [0.4, 0.5) is 5.00 Å². The van der Waals surface area contributed by atoms with Gasteiger partial charge >= 0.3 is 0 Å². The maximum absolute atomic E-state index is 5.73. The molecule has 0 spiro atoms. The van der Waals surface area contributed by atoms with Gasteiger partial charge in [0.05, 0.1) is 5.00 Å². The standard InChI is InChI=1S/C11H19N3S/c1-9(14-6-4-13-5-7-14)8-10-2-3-11(12)15-10/h2-3,9,13H,4-8,12H2,1H3. The fraction of sp³-hybridized carbons (Fsp3) is 0.636. The van der Waals surface area contributed by atoms with Gasteiger partial charge in [-0.05, 0) is 25.5 Å². The molecule has 0 aliphatic carbocycles. The van der Waals surface area contributed by atoms with Gasteiger partial charge in [0.25, 0.3) is 0 Å². The van der Waals surface area contributed by atoms with Crippen molar-refractivity contribution in [1.29, 1.82) is 0 Å². The summed E-state index contributed by atoms with van der Waals surface area (Å²) in [6.45, 7) is 6.89. The number of hydrogen-bond acceptors (Lipinski definition) is 4. The predicted octanol–water partition coefficient (Wildman–Crippen LogP) is 1.17. The topological polar surface area (TPSA) is 41.3 Å². The van der Waals surface area contributed by atoms with Crippen LogP contribution in [-0.2, 0) is 6.42 Å². The van der Waals surface area contributed by atoms with Crippen LogP contribution in [0.5, 0.6) is 0 Å². The first-order chi connectivity index (χ1) is 7.25. The zero-order valence-corrected chi connectivity index (χ0v) is 10.0. The maximum Gasteiger partial charge on any atom is 0.0859 e. The van der Waals surface area contributed by atoms with Gasteiger partial charge in [-0.25, -0.2) is 0 Å². The van der Waals surface area contributed by atoms with E-state index in [-0.39, 0.29) is 0 Å². The van der Waals surface area contributed by atoms with Crippen molar-refractivity contribution in [3.63, 3.8) is 0 Å². The summed E-state index contributed by atoms with van der Waals surface area (Å²) in [5.74, 6) is 0. The highest BCUT2D eigenvalue weighted by Gasteiger charge is 2.16. The van der Waals surface area contributed by atoms with Crippen LogP contribution in [0.25, 0.3) is 0 Å². The lowest BCUT2D eigenvalue weighted by atomic mass is 10.1. The van der Waals surface area contributed by atoms with Crippen LogP contribution >= 0.6 is 11.3 Å². The molecule has 84 valence electrons. The number of nitrogen functional groups attached to an aromatic ring is 1. The lowest BCUT2D eigenvalue weighted by molar-refractivity contribution is 0.184. The summed E-state index contributed by atoms with van der Waals surface area (Å²) >= 11 is 1.72. The Morgan fingerprint density at radius 1 is 1.47 bits per heavy atom. The monoisotopic (exact) mass is 225 g/mol. The number of nitrogens with one attached hydrogen (secondary N) is 1. The third-order valence-corrected chi connectivity index (χ3v) is 3.89. The van der Waals surface area contributed by atoms with E-state index in [2.05, 4.69) is 23.2 Å². The Morgan fingerprint density at radius 2 is 2.20 bits per heavy atom. The fourth-order valence-electron chi connectivity index (χ4n) is 2.05. The minimum absolute atomic E-state index is 0.630. The minimum atomic E-state index is 0.630. The van der Waals surface area contributed by atoms with E-state index in [9.17, 15) is 0 Å². The first-order valence-corrected chi connectivity index (χ1v) is 6.36. The highest BCUT2D eigenvalue weighted by Crippen LogP contribution is 2.21. The van der Waals surface area contributed by atoms with Gasteiger partial charge in [-0.15, -0.1) is 11.3 Å². The summed E-state index contributed by atoms with van der Waals surface area (Å²) in [7, 11) is 0. The van der Waals surface area contributed by atoms with Crippen molar-refractivity contribution in [2.24, 2.45) is 0 Å². The summed E-state index contributed by atoms with van der Waals surface area (Å²) in [6, 6.07) is 4.79. The molecule has 1 aromatic rings. The Morgan fingerprint density at radius 3 is 2.80 bits per heavy atom. The molecule has 15 heavy (non-hydrogen) atoms. The zero-order valence-electron chi connectivity index (χ0n) is 9.20. The molecule has 4 heteroatoms. The molecule has 0 amide bonds. The second-order valence-electron chi connectivity index (χ2n) is 4.14. The average molecular weight is 225 g/mol. The SMILES string of the molecule is CC(Cc1ccc(N)s1)N1CCNCC1. The van der Waals surface area contributed by atoms with E-state index in [1.165, 1.54) is 18.0 Å². The van der Waals surface area contributed by atoms with Gasteiger partial charge in [0.15, 0.2) is 0 Å². The average Bonchev–Trinajstić information content (AvgIpc) is 2.65. The van der Waals surface area contributed by atoms with Crippen LogP contribution in [0.1, 0.15) is 11.8 Å². The van der Waals surface area contributed by atoms with Gasteiger partial charge in [0.2, 0.25) is 0 Å². The molecule has 3 nitrogen and oxygen atoms in total. The molecule has 3 N–H and O–H groups in total. The summed E-state index contributed by atoms with van der Waals surface area (Å²) in [5.41, 5.74) is 5.73. The number of hydrogen-bond donors (Lipinski definition) is 2. The Hall–Kier alpha value is -0.580. The highest BCUT2D eigenvalue weighted by molar-refractivity contribution is 7.15.